The molecule has 0 bridgehead atoms. The Balaban J connectivity index is 2.12. The summed E-state index contributed by atoms with van der Waals surface area (Å²) < 4.78 is 41.7. The fourth-order valence-electron chi connectivity index (χ4n) is 1.22. The number of hydrogen-bond acceptors (Lipinski definition) is 4. The van der Waals surface area contributed by atoms with Gasteiger partial charge in [0.05, 0.1) is 0 Å². The average molecular weight is 353 g/mol. The van der Waals surface area contributed by atoms with Gasteiger partial charge in [-0.05, 0) is 0 Å². The third-order valence-electron chi connectivity index (χ3n) is 2.01. The third kappa shape index (κ3) is 8.22. The van der Waals surface area contributed by atoms with Crippen LogP contribution in [0.5, 0.6) is 0 Å². The Morgan fingerprint density at radius 3 is 2.45 bits per heavy atom. The number of halogens is 2. The molecule has 0 unspecified atom stereocenters. The molecule has 0 heterocycles. The molecule has 0 N–H and O–H groups in total. The summed E-state index contributed by atoms with van der Waals surface area (Å²) in [5.74, 6) is -0.401. The first-order chi connectivity index (χ1) is 9.49. The first kappa shape index (κ1) is 17.0. The molecule has 4 nitrogen and oxygen atoms in total. The number of benzene rings is 1. The molecule has 0 aliphatic heterocycles. The number of hydrogen-bond donors (Lipinski definition) is 0. The molecule has 0 radical (unpaired) electrons. The van der Waals surface area contributed by atoms with Crippen LogP contribution in [0.25, 0.3) is 0 Å². The van der Waals surface area contributed by atoms with Crippen LogP contribution >= 0.6 is 0 Å². The predicted octanol–water partition coefficient (Wildman–Crippen LogP) is 1.16. The van der Waals surface area contributed by atoms with Gasteiger partial charge < -0.3 is 0 Å². The standard InChI is InChI=1S/C13H16F2O4Se/c1-11(16)18-9-7-17-8-10-19-13(14,15)20-12-5-3-2-4-6-12/h2-6H,7-10H2,1H3. The summed E-state index contributed by atoms with van der Waals surface area (Å²) in [5.41, 5.74) is 0. The molecule has 0 atom stereocenters. The minimum atomic E-state index is -3.16. The quantitative estimate of drug-likeness (QED) is 0.380. The Kier molecular flexibility index (Phi) is 7.69. The fourth-order valence-corrected chi connectivity index (χ4v) is 2.71. The Labute approximate surface area is 122 Å². The Bertz CT molecular complexity index is 401. The summed E-state index contributed by atoms with van der Waals surface area (Å²) in [6, 6.07) is 8.49. The Hall–Kier alpha value is -1.01. The van der Waals surface area contributed by atoms with E-state index in [1.165, 1.54) is 6.92 Å². The molecule has 0 saturated carbocycles. The fraction of sp³-hybridized carbons (Fsp3) is 0.462. The van der Waals surface area contributed by atoms with E-state index in [1.54, 1.807) is 30.3 Å². The monoisotopic (exact) mass is 354 g/mol. The van der Waals surface area contributed by atoms with Crippen LogP contribution in [0.4, 0.5) is 8.78 Å². The molecule has 0 fully saturated rings. The van der Waals surface area contributed by atoms with E-state index in [0.29, 0.717) is 4.46 Å². The van der Waals surface area contributed by atoms with E-state index in [9.17, 15) is 13.6 Å². The van der Waals surface area contributed by atoms with Crippen molar-refractivity contribution in [3.8, 4) is 0 Å². The molecular formula is C13H16F2O4Se. The van der Waals surface area contributed by atoms with E-state index >= 15 is 0 Å². The summed E-state index contributed by atoms with van der Waals surface area (Å²) in [5, 5.41) is -3.16. The van der Waals surface area contributed by atoms with Gasteiger partial charge in [-0.1, -0.05) is 0 Å². The number of alkyl halides is 2. The number of ether oxygens (including phenoxy) is 3. The molecule has 20 heavy (non-hydrogen) atoms. The van der Waals surface area contributed by atoms with E-state index in [1.807, 2.05) is 0 Å². The van der Waals surface area contributed by atoms with Crippen molar-refractivity contribution >= 4 is 25.4 Å². The molecule has 0 spiro atoms. The molecule has 7 heteroatoms. The summed E-state index contributed by atoms with van der Waals surface area (Å²) in [7, 11) is 0. The zero-order chi connectivity index (χ0) is 14.8. The van der Waals surface area contributed by atoms with Crippen LogP contribution in [0.2, 0.25) is 0 Å². The molecule has 1 rings (SSSR count). The summed E-state index contributed by atoms with van der Waals surface area (Å²) >= 11 is -1.08. The van der Waals surface area contributed by atoms with Crippen molar-refractivity contribution in [2.75, 3.05) is 26.4 Å². The van der Waals surface area contributed by atoms with Gasteiger partial charge in [-0.3, -0.25) is 0 Å². The summed E-state index contributed by atoms with van der Waals surface area (Å²) in [4.78, 5) is 10.4. The molecule has 112 valence electrons. The van der Waals surface area contributed by atoms with Gasteiger partial charge in [0.1, 0.15) is 0 Å². The van der Waals surface area contributed by atoms with Gasteiger partial charge >= 0.3 is 122 Å². The first-order valence-corrected chi connectivity index (χ1v) is 7.68. The zero-order valence-electron chi connectivity index (χ0n) is 11.0. The van der Waals surface area contributed by atoms with E-state index in [0.717, 1.165) is 0 Å². The number of carbonyl (C=O) groups is 1. The van der Waals surface area contributed by atoms with Crippen LogP contribution in [0.15, 0.2) is 30.3 Å². The second-order valence-corrected chi connectivity index (χ2v) is 6.09. The molecule has 0 aliphatic rings. The second kappa shape index (κ2) is 9.02. The van der Waals surface area contributed by atoms with Gasteiger partial charge in [-0.25, -0.2) is 0 Å². The van der Waals surface area contributed by atoms with Crippen LogP contribution in [0.1, 0.15) is 6.92 Å². The van der Waals surface area contributed by atoms with Crippen LogP contribution in [0.3, 0.4) is 0 Å². The van der Waals surface area contributed by atoms with E-state index in [-0.39, 0.29) is 26.4 Å². The molecule has 0 amide bonds. The molecule has 0 aromatic heterocycles. The van der Waals surface area contributed by atoms with Crippen molar-refractivity contribution in [2.24, 2.45) is 0 Å². The van der Waals surface area contributed by atoms with Gasteiger partial charge in [-0.15, -0.1) is 0 Å². The van der Waals surface area contributed by atoms with Gasteiger partial charge in [0.15, 0.2) is 0 Å². The Morgan fingerprint density at radius 2 is 1.80 bits per heavy atom. The topological polar surface area (TPSA) is 44.8 Å². The normalized spacial score (nSPS) is 11.3. The maximum absolute atomic E-state index is 13.5. The predicted molar refractivity (Wildman–Crippen MR) is 70.2 cm³/mol. The van der Waals surface area contributed by atoms with Crippen LogP contribution in [-0.2, 0) is 19.0 Å². The van der Waals surface area contributed by atoms with E-state index in [4.69, 9.17) is 4.74 Å². The molecule has 1 aromatic rings. The molecule has 1 aromatic carbocycles. The Morgan fingerprint density at radius 1 is 1.15 bits per heavy atom. The van der Waals surface area contributed by atoms with Crippen molar-refractivity contribution in [1.82, 2.24) is 0 Å². The van der Waals surface area contributed by atoms with Crippen LogP contribution < -0.4 is 4.46 Å². The SMILES string of the molecule is CC(=O)OCCOCCOC(F)(F)[Se]c1ccccc1. The van der Waals surface area contributed by atoms with Crippen molar-refractivity contribution < 1.29 is 27.8 Å². The molecule has 0 aliphatic carbocycles. The number of rotatable bonds is 9. The van der Waals surface area contributed by atoms with E-state index in [2.05, 4.69) is 9.47 Å². The third-order valence-corrected chi connectivity index (χ3v) is 3.82. The van der Waals surface area contributed by atoms with Crippen molar-refractivity contribution in [2.45, 2.75) is 11.9 Å². The number of carbonyl (C=O) groups excluding carboxylic acids is 1. The van der Waals surface area contributed by atoms with Gasteiger partial charge in [-0.2, -0.15) is 0 Å². The summed E-state index contributed by atoms with van der Waals surface area (Å²) in [6.07, 6.45) is 0. The summed E-state index contributed by atoms with van der Waals surface area (Å²) in [6.45, 7) is 1.39. The average Bonchev–Trinajstić information content (AvgIpc) is 2.37. The van der Waals surface area contributed by atoms with Gasteiger partial charge in [0.2, 0.25) is 0 Å². The van der Waals surface area contributed by atoms with Gasteiger partial charge in [0, 0.05) is 0 Å². The van der Waals surface area contributed by atoms with Gasteiger partial charge in [0.25, 0.3) is 0 Å². The minimum absolute atomic E-state index is 0.0295. The molecular weight excluding hydrogens is 337 g/mol. The van der Waals surface area contributed by atoms with Crippen LogP contribution in [0, 0.1) is 0 Å². The van der Waals surface area contributed by atoms with Crippen molar-refractivity contribution in [1.29, 1.82) is 0 Å². The number of esters is 1. The first-order valence-electron chi connectivity index (χ1n) is 5.96. The van der Waals surface area contributed by atoms with E-state index < -0.39 is 25.9 Å². The van der Waals surface area contributed by atoms with Crippen molar-refractivity contribution in [3.63, 3.8) is 0 Å². The maximum atomic E-state index is 13.5. The van der Waals surface area contributed by atoms with Crippen LogP contribution in [-0.4, -0.2) is 52.4 Å². The second-order valence-electron chi connectivity index (χ2n) is 3.68. The zero-order valence-corrected chi connectivity index (χ0v) is 12.7. The van der Waals surface area contributed by atoms with Crippen molar-refractivity contribution in [3.05, 3.63) is 30.3 Å². The molecule has 0 saturated heterocycles.